The Bertz CT molecular complexity index is 880. The van der Waals surface area contributed by atoms with Crippen molar-refractivity contribution in [2.24, 2.45) is 0 Å². The normalized spacial score (nSPS) is 11.2. The first-order valence-corrected chi connectivity index (χ1v) is 10.8. The maximum absolute atomic E-state index is 12.0. The van der Waals surface area contributed by atoms with E-state index < -0.39 is 0 Å². The Morgan fingerprint density at radius 2 is 2.04 bits per heavy atom. The lowest BCUT2D eigenvalue weighted by atomic mass is 10.2. The first kappa shape index (κ1) is 19.8. The molecule has 0 radical (unpaired) electrons. The molecule has 0 unspecified atom stereocenters. The van der Waals surface area contributed by atoms with Crippen LogP contribution in [0.4, 0.5) is 0 Å². The summed E-state index contributed by atoms with van der Waals surface area (Å²) in [6.45, 7) is 1.71. The van der Waals surface area contributed by atoms with E-state index in [4.69, 9.17) is 0 Å². The topological polar surface area (TPSA) is 58.1 Å². The number of nitrogens with one attached hydrogen (secondary N) is 1. The molecular formula is C20H24N4OS2. The van der Waals surface area contributed by atoms with Gasteiger partial charge in [0.05, 0.1) is 0 Å². The van der Waals surface area contributed by atoms with Gasteiger partial charge in [-0.25, -0.2) is 9.97 Å². The van der Waals surface area contributed by atoms with Crippen LogP contribution < -0.4 is 5.32 Å². The van der Waals surface area contributed by atoms with Crippen LogP contribution in [0.3, 0.4) is 0 Å². The molecule has 2 aromatic heterocycles. The molecule has 3 rings (SSSR count). The number of thiophene rings is 1. The Balaban J connectivity index is 1.56. The minimum absolute atomic E-state index is 0.0989. The van der Waals surface area contributed by atoms with Gasteiger partial charge in [-0.15, -0.1) is 23.1 Å². The Morgan fingerprint density at radius 1 is 1.22 bits per heavy atom. The molecule has 1 N–H and O–H groups in total. The molecule has 1 amide bonds. The summed E-state index contributed by atoms with van der Waals surface area (Å²) in [7, 11) is 4.07. The predicted molar refractivity (Wildman–Crippen MR) is 114 cm³/mol. The minimum atomic E-state index is 0.0989. The molecule has 5 nitrogen and oxygen atoms in total. The van der Waals surface area contributed by atoms with Crippen LogP contribution in [-0.2, 0) is 4.79 Å². The highest BCUT2D eigenvalue weighted by atomic mass is 32.2. The number of hydrogen-bond acceptors (Lipinski definition) is 6. The van der Waals surface area contributed by atoms with Crippen LogP contribution in [0.25, 0.3) is 20.7 Å². The number of rotatable bonds is 9. The molecule has 27 heavy (non-hydrogen) atoms. The molecule has 0 saturated heterocycles. The molecule has 142 valence electrons. The summed E-state index contributed by atoms with van der Waals surface area (Å²) in [4.78, 5) is 25.1. The fourth-order valence-electron chi connectivity index (χ4n) is 2.65. The second kappa shape index (κ2) is 9.82. The van der Waals surface area contributed by atoms with E-state index in [1.54, 1.807) is 29.4 Å². The Hall–Kier alpha value is -1.96. The molecule has 0 aliphatic rings. The molecule has 0 fully saturated rings. The largest absolute Gasteiger partial charge is 0.356 e. The average molecular weight is 401 g/mol. The lowest BCUT2D eigenvalue weighted by Crippen LogP contribution is -2.27. The first-order valence-electron chi connectivity index (χ1n) is 8.97. The number of hydrogen-bond donors (Lipinski definition) is 1. The first-order chi connectivity index (χ1) is 13.1. The van der Waals surface area contributed by atoms with Gasteiger partial charge in [0.1, 0.15) is 16.2 Å². The summed E-state index contributed by atoms with van der Waals surface area (Å²) in [5, 5.41) is 4.99. The van der Waals surface area contributed by atoms with Crippen LogP contribution in [0, 0.1) is 0 Å². The third kappa shape index (κ3) is 5.76. The summed E-state index contributed by atoms with van der Waals surface area (Å²) in [6, 6.07) is 12.5. The van der Waals surface area contributed by atoms with Crippen molar-refractivity contribution in [1.82, 2.24) is 20.2 Å². The molecule has 3 aromatic rings. The molecule has 0 saturated carbocycles. The molecule has 7 heteroatoms. The zero-order valence-electron chi connectivity index (χ0n) is 15.6. The number of nitrogens with zero attached hydrogens (tertiary/aromatic N) is 3. The van der Waals surface area contributed by atoms with Crippen LogP contribution in [0.15, 0.2) is 47.8 Å². The number of amides is 1. The fourth-order valence-corrected chi connectivity index (χ4v) is 4.63. The van der Waals surface area contributed by atoms with Crippen LogP contribution >= 0.6 is 23.1 Å². The van der Waals surface area contributed by atoms with Gasteiger partial charge in [0.25, 0.3) is 0 Å². The van der Waals surface area contributed by atoms with Gasteiger partial charge in [-0.05, 0) is 38.7 Å². The maximum Gasteiger partial charge on any atom is 0.220 e. The summed E-state index contributed by atoms with van der Waals surface area (Å²) >= 11 is 3.29. The van der Waals surface area contributed by atoms with E-state index >= 15 is 0 Å². The van der Waals surface area contributed by atoms with Crippen LogP contribution in [0.1, 0.15) is 12.8 Å². The van der Waals surface area contributed by atoms with Crippen LogP contribution in [0.2, 0.25) is 0 Å². The van der Waals surface area contributed by atoms with Crippen molar-refractivity contribution < 1.29 is 4.79 Å². The van der Waals surface area contributed by atoms with E-state index in [-0.39, 0.29) is 5.91 Å². The van der Waals surface area contributed by atoms with Gasteiger partial charge in [0, 0.05) is 29.0 Å². The number of carbonyl (C=O) groups excluding carboxylic acids is 1. The van der Waals surface area contributed by atoms with E-state index in [1.807, 2.05) is 32.3 Å². The van der Waals surface area contributed by atoms with E-state index in [0.29, 0.717) is 12.2 Å². The summed E-state index contributed by atoms with van der Waals surface area (Å²) in [5.74, 6) is 0.809. The van der Waals surface area contributed by atoms with Gasteiger partial charge >= 0.3 is 0 Å². The molecule has 1 aromatic carbocycles. The van der Waals surface area contributed by atoms with Crippen molar-refractivity contribution in [2.45, 2.75) is 17.9 Å². The molecule has 2 heterocycles. The Morgan fingerprint density at radius 3 is 2.81 bits per heavy atom. The number of benzene rings is 1. The van der Waals surface area contributed by atoms with E-state index in [2.05, 4.69) is 38.4 Å². The molecule has 0 spiro atoms. The molecule has 0 bridgehead atoms. The minimum Gasteiger partial charge on any atom is -0.356 e. The summed E-state index contributed by atoms with van der Waals surface area (Å²) in [5.41, 5.74) is 1.19. The predicted octanol–water partition coefficient (Wildman–Crippen LogP) is 3.91. The zero-order chi connectivity index (χ0) is 19.1. The number of fused-ring (bicyclic) bond motifs is 1. The van der Waals surface area contributed by atoms with Gasteiger partial charge in [0.2, 0.25) is 5.91 Å². The highest BCUT2D eigenvalue weighted by molar-refractivity contribution is 7.99. The van der Waals surface area contributed by atoms with Crippen molar-refractivity contribution in [3.63, 3.8) is 0 Å². The SMILES string of the molecule is CN(C)CCCNC(=O)CCSc1ncnc2sc(-c3ccccc3)cc12. The van der Waals surface area contributed by atoms with Gasteiger partial charge in [-0.3, -0.25) is 4.79 Å². The maximum atomic E-state index is 12.0. The van der Waals surface area contributed by atoms with E-state index in [9.17, 15) is 4.79 Å². The standard InChI is InChI=1S/C20H24N4OS2/c1-24(2)11-6-10-21-18(25)9-12-26-19-16-13-17(15-7-4-3-5-8-15)27-20(16)23-14-22-19/h3-5,7-8,13-14H,6,9-12H2,1-2H3,(H,21,25). The van der Waals surface area contributed by atoms with Gasteiger partial charge in [-0.1, -0.05) is 30.3 Å². The molecule has 0 aliphatic carbocycles. The van der Waals surface area contributed by atoms with Gasteiger partial charge in [-0.2, -0.15) is 0 Å². The molecule has 0 aliphatic heterocycles. The van der Waals surface area contributed by atoms with Crippen molar-refractivity contribution in [3.8, 4) is 10.4 Å². The smallest absolute Gasteiger partial charge is 0.220 e. The van der Waals surface area contributed by atoms with Crippen molar-refractivity contribution in [2.75, 3.05) is 32.9 Å². The number of aromatic nitrogens is 2. The van der Waals surface area contributed by atoms with E-state index in [0.717, 1.165) is 34.8 Å². The highest BCUT2D eigenvalue weighted by Gasteiger charge is 2.11. The van der Waals surface area contributed by atoms with Crippen LogP contribution in [0.5, 0.6) is 0 Å². The quantitative estimate of drug-likeness (QED) is 0.335. The monoisotopic (exact) mass is 400 g/mol. The van der Waals surface area contributed by atoms with Crippen molar-refractivity contribution >= 4 is 39.2 Å². The zero-order valence-corrected chi connectivity index (χ0v) is 17.3. The number of thioether (sulfide) groups is 1. The number of carbonyl (C=O) groups is 1. The average Bonchev–Trinajstić information content (AvgIpc) is 3.11. The third-order valence-electron chi connectivity index (χ3n) is 4.02. The fraction of sp³-hybridized carbons (Fsp3) is 0.350. The van der Waals surface area contributed by atoms with Gasteiger partial charge in [0.15, 0.2) is 0 Å². The summed E-state index contributed by atoms with van der Waals surface area (Å²) in [6.07, 6.45) is 3.07. The van der Waals surface area contributed by atoms with E-state index in [1.165, 1.54) is 10.4 Å². The second-order valence-corrected chi connectivity index (χ2v) is 8.59. The Kier molecular flexibility index (Phi) is 7.20. The second-order valence-electron chi connectivity index (χ2n) is 6.48. The van der Waals surface area contributed by atoms with Crippen molar-refractivity contribution in [3.05, 3.63) is 42.7 Å². The Labute approximate surface area is 168 Å². The summed E-state index contributed by atoms with van der Waals surface area (Å²) < 4.78 is 0. The van der Waals surface area contributed by atoms with Crippen LogP contribution in [-0.4, -0.2) is 53.7 Å². The lowest BCUT2D eigenvalue weighted by molar-refractivity contribution is -0.120. The highest BCUT2D eigenvalue weighted by Crippen LogP contribution is 2.36. The van der Waals surface area contributed by atoms with Gasteiger partial charge < -0.3 is 10.2 Å². The molecule has 0 atom stereocenters. The lowest BCUT2D eigenvalue weighted by Gasteiger charge is -2.09. The van der Waals surface area contributed by atoms with Crippen molar-refractivity contribution in [1.29, 1.82) is 0 Å². The third-order valence-corrected chi connectivity index (χ3v) is 6.12. The molecular weight excluding hydrogens is 376 g/mol.